The highest BCUT2D eigenvalue weighted by Crippen LogP contribution is 2.71. The van der Waals surface area contributed by atoms with E-state index >= 15 is 0 Å². The molecule has 0 N–H and O–H groups in total. The van der Waals surface area contributed by atoms with Crippen LogP contribution in [0.4, 0.5) is 5.69 Å². The number of carbonyl (C=O) groups excluding carboxylic acids is 2. The molecule has 7 heteroatoms. The molecular weight excluding hydrogens is 565 g/mol. The number of nitrogens with zero attached hydrogens (tertiary/aromatic N) is 1. The highest BCUT2D eigenvalue weighted by Gasteiger charge is 2.72. The second-order valence-electron chi connectivity index (χ2n) is 8.05. The first kappa shape index (κ1) is 20.0. The van der Waals surface area contributed by atoms with Crippen LogP contribution in [0.2, 0.25) is 10.0 Å². The number of amides is 2. The first-order chi connectivity index (χ1) is 14.8. The molecule has 4 aliphatic rings. The zero-order chi connectivity index (χ0) is 21.7. The van der Waals surface area contributed by atoms with Crippen molar-refractivity contribution in [2.45, 2.75) is 8.65 Å². The van der Waals surface area contributed by atoms with Gasteiger partial charge in [-0.3, -0.25) is 9.59 Å². The summed E-state index contributed by atoms with van der Waals surface area (Å²) in [6.45, 7) is 0. The number of anilines is 1. The largest absolute Gasteiger partial charge is 0.274 e. The summed E-state index contributed by atoms with van der Waals surface area (Å²) in [5.74, 6) is -1.93. The minimum Gasteiger partial charge on any atom is -0.274 e. The summed E-state index contributed by atoms with van der Waals surface area (Å²) in [4.78, 5) is 29.1. The van der Waals surface area contributed by atoms with E-state index in [9.17, 15) is 9.59 Å². The van der Waals surface area contributed by atoms with E-state index in [2.05, 4.69) is 31.9 Å². The Kier molecular flexibility index (Phi) is 4.15. The van der Waals surface area contributed by atoms with Crippen LogP contribution in [0.1, 0.15) is 22.3 Å². The van der Waals surface area contributed by atoms with E-state index in [1.54, 1.807) is 18.2 Å². The molecule has 1 aliphatic heterocycles. The third kappa shape index (κ3) is 2.21. The Hall–Kier alpha value is -1.66. The molecule has 0 aromatic heterocycles. The molecule has 3 aromatic carbocycles. The number of halogens is 4. The van der Waals surface area contributed by atoms with Crippen LogP contribution in [-0.2, 0) is 18.2 Å². The highest BCUT2D eigenvalue weighted by atomic mass is 79.9. The Morgan fingerprint density at radius 2 is 1.00 bits per heavy atom. The predicted octanol–water partition coefficient (Wildman–Crippen LogP) is 6.40. The molecule has 1 fully saturated rings. The van der Waals surface area contributed by atoms with Gasteiger partial charge in [0.05, 0.1) is 36.2 Å². The summed E-state index contributed by atoms with van der Waals surface area (Å²) in [6, 6.07) is 20.9. The Labute approximate surface area is 205 Å². The van der Waals surface area contributed by atoms with Gasteiger partial charge in [0.25, 0.3) is 0 Å². The van der Waals surface area contributed by atoms with E-state index in [-0.39, 0.29) is 27.5 Å². The summed E-state index contributed by atoms with van der Waals surface area (Å²) in [5.41, 5.74) is 4.19. The molecule has 2 unspecified atom stereocenters. The fourth-order valence-electron chi connectivity index (χ4n) is 5.59. The number of hydrogen-bond acceptors (Lipinski definition) is 2. The SMILES string of the molecule is O=C1C2C(C(=O)N1c1c(Cl)cccc1Cl)C1(Br)c3ccccc3C2(Br)c2ccccc21. The van der Waals surface area contributed by atoms with Gasteiger partial charge >= 0.3 is 0 Å². The summed E-state index contributed by atoms with van der Waals surface area (Å²) >= 11 is 20.8. The number of para-hydroxylation sites is 1. The Bertz CT molecular complexity index is 1180. The van der Waals surface area contributed by atoms with Crippen molar-refractivity contribution in [3.05, 3.63) is 99.0 Å². The van der Waals surface area contributed by atoms with Crippen LogP contribution < -0.4 is 4.90 Å². The summed E-state index contributed by atoms with van der Waals surface area (Å²) in [6.07, 6.45) is 0. The smallest absolute Gasteiger partial charge is 0.239 e. The van der Waals surface area contributed by atoms with Crippen molar-refractivity contribution in [2.75, 3.05) is 4.90 Å². The fourth-order valence-corrected chi connectivity index (χ4v) is 8.46. The lowest BCUT2D eigenvalue weighted by molar-refractivity contribution is -0.122. The van der Waals surface area contributed by atoms with Gasteiger partial charge in [-0.05, 0) is 34.4 Å². The van der Waals surface area contributed by atoms with Gasteiger partial charge in [-0.2, -0.15) is 0 Å². The number of rotatable bonds is 1. The minimum atomic E-state index is -0.838. The molecule has 0 spiro atoms. The number of carbonyl (C=O) groups is 2. The van der Waals surface area contributed by atoms with Crippen molar-refractivity contribution < 1.29 is 9.59 Å². The van der Waals surface area contributed by atoms with Crippen molar-refractivity contribution in [2.24, 2.45) is 11.8 Å². The van der Waals surface area contributed by atoms with Crippen molar-refractivity contribution in [3.8, 4) is 0 Å². The van der Waals surface area contributed by atoms with Gasteiger partial charge in [-0.1, -0.05) is 110 Å². The van der Waals surface area contributed by atoms with Gasteiger partial charge in [-0.15, -0.1) is 0 Å². The Balaban J connectivity index is 1.68. The number of benzene rings is 3. The van der Waals surface area contributed by atoms with Crippen LogP contribution in [0.15, 0.2) is 66.7 Å². The van der Waals surface area contributed by atoms with Crippen LogP contribution in [0, 0.1) is 11.8 Å². The molecular formula is C24H13Br2Cl2NO2. The standard InChI is InChI=1S/C24H13Br2Cl2NO2/c25-23-12-6-1-2-7-13(12)24(26,15-9-4-3-8-14(15)23)19-18(23)21(30)29(22(19)31)20-16(27)10-5-11-17(20)28/h1-11,18-19H. The van der Waals surface area contributed by atoms with Crippen molar-refractivity contribution in [1.29, 1.82) is 0 Å². The molecule has 3 nitrogen and oxygen atoms in total. The lowest BCUT2D eigenvalue weighted by Gasteiger charge is -2.55. The lowest BCUT2D eigenvalue weighted by atomic mass is 9.54. The molecule has 154 valence electrons. The van der Waals surface area contributed by atoms with Gasteiger partial charge in [0.2, 0.25) is 11.8 Å². The molecule has 1 heterocycles. The molecule has 3 aromatic rings. The van der Waals surface area contributed by atoms with Gasteiger partial charge < -0.3 is 0 Å². The number of alkyl halides is 2. The molecule has 0 radical (unpaired) electrons. The van der Waals surface area contributed by atoms with Crippen molar-refractivity contribution in [3.63, 3.8) is 0 Å². The third-order valence-electron chi connectivity index (χ3n) is 6.75. The topological polar surface area (TPSA) is 37.4 Å². The van der Waals surface area contributed by atoms with Crippen molar-refractivity contribution in [1.82, 2.24) is 0 Å². The molecule has 2 bridgehead atoms. The van der Waals surface area contributed by atoms with E-state index in [4.69, 9.17) is 23.2 Å². The second kappa shape index (κ2) is 6.44. The minimum absolute atomic E-state index is 0.245. The molecule has 3 aliphatic carbocycles. The van der Waals surface area contributed by atoms with E-state index in [1.165, 1.54) is 4.90 Å². The highest BCUT2D eigenvalue weighted by molar-refractivity contribution is 9.10. The van der Waals surface area contributed by atoms with E-state index in [1.807, 2.05) is 48.5 Å². The summed E-state index contributed by atoms with van der Waals surface area (Å²) < 4.78 is -1.68. The quantitative estimate of drug-likeness (QED) is 0.248. The zero-order valence-corrected chi connectivity index (χ0v) is 20.5. The lowest BCUT2D eigenvalue weighted by Crippen LogP contribution is -2.56. The maximum Gasteiger partial charge on any atom is 0.239 e. The normalized spacial score (nSPS) is 30.3. The molecule has 1 saturated heterocycles. The first-order valence-electron chi connectivity index (χ1n) is 9.72. The Morgan fingerprint density at radius 1 is 0.645 bits per heavy atom. The summed E-state index contributed by atoms with van der Waals surface area (Å²) in [7, 11) is 0. The Morgan fingerprint density at radius 3 is 1.35 bits per heavy atom. The average Bonchev–Trinajstić information content (AvgIpc) is 3.04. The summed E-state index contributed by atoms with van der Waals surface area (Å²) in [5, 5.41) is 0.532. The van der Waals surface area contributed by atoms with Crippen LogP contribution in [-0.4, -0.2) is 11.8 Å². The predicted molar refractivity (Wildman–Crippen MR) is 128 cm³/mol. The van der Waals surface area contributed by atoms with Crippen LogP contribution >= 0.6 is 55.1 Å². The van der Waals surface area contributed by atoms with Crippen LogP contribution in [0.25, 0.3) is 0 Å². The van der Waals surface area contributed by atoms with Crippen LogP contribution in [0.3, 0.4) is 0 Å². The number of hydrogen-bond donors (Lipinski definition) is 0. The molecule has 0 saturated carbocycles. The average molecular weight is 578 g/mol. The first-order valence-corrected chi connectivity index (χ1v) is 12.1. The van der Waals surface area contributed by atoms with E-state index in [0.717, 1.165) is 22.3 Å². The van der Waals surface area contributed by atoms with E-state index < -0.39 is 20.5 Å². The monoisotopic (exact) mass is 575 g/mol. The maximum absolute atomic E-state index is 13.9. The molecule has 2 atom stereocenters. The second-order valence-corrected chi connectivity index (χ2v) is 11.4. The van der Waals surface area contributed by atoms with Gasteiger partial charge in [0, 0.05) is 0 Å². The van der Waals surface area contributed by atoms with Crippen molar-refractivity contribution >= 4 is 72.6 Å². The van der Waals surface area contributed by atoms with E-state index in [0.29, 0.717) is 0 Å². The molecule has 2 amide bonds. The van der Waals surface area contributed by atoms with Gasteiger partial charge in [-0.25, -0.2) is 4.90 Å². The maximum atomic E-state index is 13.9. The number of imide groups is 1. The van der Waals surface area contributed by atoms with Crippen LogP contribution in [0.5, 0.6) is 0 Å². The fraction of sp³-hybridized carbons (Fsp3) is 0.167. The van der Waals surface area contributed by atoms with Gasteiger partial charge in [0.1, 0.15) is 0 Å². The van der Waals surface area contributed by atoms with Gasteiger partial charge in [0.15, 0.2) is 0 Å². The molecule has 7 rings (SSSR count). The zero-order valence-electron chi connectivity index (χ0n) is 15.8. The molecule has 31 heavy (non-hydrogen) atoms. The third-order valence-corrected chi connectivity index (χ3v) is 10.1.